The fraction of sp³-hybridized carbons (Fsp3) is 1.00. The van der Waals surface area contributed by atoms with Gasteiger partial charge in [-0.2, -0.15) is 0 Å². The van der Waals surface area contributed by atoms with Crippen molar-refractivity contribution in [3.63, 3.8) is 0 Å². The Morgan fingerprint density at radius 1 is 1.14 bits per heavy atom. The lowest BCUT2D eigenvalue weighted by atomic mass is 9.71. The van der Waals surface area contributed by atoms with E-state index >= 15 is 0 Å². The predicted octanol–water partition coefficient (Wildman–Crippen LogP) is 3.21. The SMILES string of the molecule is CCC1CCCC(C(O)C2(N3CCOCC3)CCCC2)C1. The highest BCUT2D eigenvalue weighted by molar-refractivity contribution is 5.03. The Bertz CT molecular complexity index is 321. The van der Waals surface area contributed by atoms with Crippen molar-refractivity contribution in [1.29, 1.82) is 0 Å². The molecule has 0 radical (unpaired) electrons. The van der Waals surface area contributed by atoms with Gasteiger partial charge in [0.2, 0.25) is 0 Å². The molecule has 0 spiro atoms. The van der Waals surface area contributed by atoms with Crippen molar-refractivity contribution in [1.82, 2.24) is 4.90 Å². The molecule has 3 nitrogen and oxygen atoms in total. The number of nitrogens with zero attached hydrogens (tertiary/aromatic N) is 1. The summed E-state index contributed by atoms with van der Waals surface area (Å²) in [7, 11) is 0. The second-order valence-electron chi connectivity index (χ2n) is 7.56. The topological polar surface area (TPSA) is 32.7 Å². The molecule has 3 aliphatic rings. The number of aliphatic hydroxyl groups excluding tert-OH is 1. The molecule has 1 aliphatic heterocycles. The average Bonchev–Trinajstić information content (AvgIpc) is 3.06. The molecule has 3 unspecified atom stereocenters. The van der Waals surface area contributed by atoms with E-state index in [0.29, 0.717) is 5.92 Å². The molecule has 1 N–H and O–H groups in total. The van der Waals surface area contributed by atoms with E-state index in [1.54, 1.807) is 0 Å². The second-order valence-corrected chi connectivity index (χ2v) is 7.56. The van der Waals surface area contributed by atoms with Gasteiger partial charge in [0.25, 0.3) is 0 Å². The van der Waals surface area contributed by atoms with Gasteiger partial charge in [0.1, 0.15) is 0 Å². The molecule has 0 aromatic heterocycles. The number of aliphatic hydroxyl groups is 1. The predicted molar refractivity (Wildman–Crippen MR) is 85.3 cm³/mol. The summed E-state index contributed by atoms with van der Waals surface area (Å²) in [5, 5.41) is 11.3. The van der Waals surface area contributed by atoms with Crippen LogP contribution in [0.3, 0.4) is 0 Å². The van der Waals surface area contributed by atoms with Crippen LogP contribution in [0.4, 0.5) is 0 Å². The summed E-state index contributed by atoms with van der Waals surface area (Å²) < 4.78 is 5.54. The molecular formula is C18H33NO2. The standard InChI is InChI=1S/C18H33NO2/c1-2-15-6-5-7-16(14-15)17(20)18(8-3-4-9-18)19-10-12-21-13-11-19/h15-17,20H,2-14H2,1H3. The van der Waals surface area contributed by atoms with Crippen LogP contribution in [0.5, 0.6) is 0 Å². The minimum Gasteiger partial charge on any atom is -0.391 e. The number of rotatable bonds is 4. The highest BCUT2D eigenvalue weighted by atomic mass is 16.5. The van der Waals surface area contributed by atoms with Crippen LogP contribution >= 0.6 is 0 Å². The first-order chi connectivity index (χ1) is 10.3. The summed E-state index contributed by atoms with van der Waals surface area (Å²) in [6.45, 7) is 6.03. The summed E-state index contributed by atoms with van der Waals surface area (Å²) >= 11 is 0. The lowest BCUT2D eigenvalue weighted by Gasteiger charge is -2.49. The maximum Gasteiger partial charge on any atom is 0.0752 e. The molecule has 3 fully saturated rings. The molecule has 21 heavy (non-hydrogen) atoms. The van der Waals surface area contributed by atoms with E-state index in [1.807, 2.05) is 0 Å². The smallest absolute Gasteiger partial charge is 0.0752 e. The first-order valence-corrected chi connectivity index (χ1v) is 9.27. The summed E-state index contributed by atoms with van der Waals surface area (Å²) in [5.41, 5.74) is 0.0735. The minimum atomic E-state index is -0.118. The van der Waals surface area contributed by atoms with Gasteiger partial charge in [0.15, 0.2) is 0 Å². The van der Waals surface area contributed by atoms with Gasteiger partial charge in [-0.1, -0.05) is 39.0 Å². The number of morpholine rings is 1. The monoisotopic (exact) mass is 295 g/mol. The highest BCUT2D eigenvalue weighted by Gasteiger charge is 2.48. The molecule has 3 rings (SSSR count). The van der Waals surface area contributed by atoms with Crippen LogP contribution in [0.2, 0.25) is 0 Å². The molecule has 0 bridgehead atoms. The zero-order valence-electron chi connectivity index (χ0n) is 13.7. The normalized spacial score (nSPS) is 35.7. The largest absolute Gasteiger partial charge is 0.391 e. The molecule has 1 saturated heterocycles. The molecule has 122 valence electrons. The molecule has 0 aromatic rings. The first-order valence-electron chi connectivity index (χ1n) is 9.27. The van der Waals surface area contributed by atoms with Crippen LogP contribution in [0.25, 0.3) is 0 Å². The molecule has 2 saturated carbocycles. The Labute approximate surface area is 130 Å². The van der Waals surface area contributed by atoms with Crippen molar-refractivity contribution in [2.75, 3.05) is 26.3 Å². The van der Waals surface area contributed by atoms with Crippen molar-refractivity contribution < 1.29 is 9.84 Å². The minimum absolute atomic E-state index is 0.0735. The van der Waals surface area contributed by atoms with Gasteiger partial charge >= 0.3 is 0 Å². The Hall–Kier alpha value is -0.120. The second kappa shape index (κ2) is 6.97. The van der Waals surface area contributed by atoms with Gasteiger partial charge in [-0.3, -0.25) is 4.90 Å². The van der Waals surface area contributed by atoms with Crippen molar-refractivity contribution in [3.8, 4) is 0 Å². The molecular weight excluding hydrogens is 262 g/mol. The summed E-state index contributed by atoms with van der Waals surface area (Å²) in [4.78, 5) is 2.59. The average molecular weight is 295 g/mol. The fourth-order valence-electron chi connectivity index (χ4n) is 5.22. The maximum atomic E-state index is 11.3. The molecule has 3 heteroatoms. The van der Waals surface area contributed by atoms with Gasteiger partial charge in [-0.05, 0) is 37.5 Å². The van der Waals surface area contributed by atoms with Gasteiger partial charge in [0.05, 0.1) is 19.3 Å². The van der Waals surface area contributed by atoms with Crippen molar-refractivity contribution in [3.05, 3.63) is 0 Å². The van der Waals surface area contributed by atoms with Crippen LogP contribution in [0.15, 0.2) is 0 Å². The van der Waals surface area contributed by atoms with Gasteiger partial charge in [0, 0.05) is 18.6 Å². The Morgan fingerprint density at radius 3 is 2.52 bits per heavy atom. The number of ether oxygens (including phenoxy) is 1. The molecule has 3 atom stereocenters. The lowest BCUT2D eigenvalue weighted by Crippen LogP contribution is -2.60. The number of hydrogen-bond donors (Lipinski definition) is 1. The van der Waals surface area contributed by atoms with Crippen LogP contribution in [-0.2, 0) is 4.74 Å². The zero-order valence-corrected chi connectivity index (χ0v) is 13.7. The number of hydrogen-bond acceptors (Lipinski definition) is 3. The maximum absolute atomic E-state index is 11.3. The van der Waals surface area contributed by atoms with Gasteiger partial charge in [-0.15, -0.1) is 0 Å². The Kier molecular flexibility index (Phi) is 5.23. The van der Waals surface area contributed by atoms with Gasteiger partial charge in [-0.25, -0.2) is 0 Å². The summed E-state index contributed by atoms with van der Waals surface area (Å²) in [6.07, 6.45) is 11.3. The van der Waals surface area contributed by atoms with Crippen LogP contribution < -0.4 is 0 Å². The van der Waals surface area contributed by atoms with E-state index in [2.05, 4.69) is 11.8 Å². The van der Waals surface area contributed by atoms with Crippen molar-refractivity contribution >= 4 is 0 Å². The van der Waals surface area contributed by atoms with Crippen LogP contribution in [-0.4, -0.2) is 48.0 Å². The highest BCUT2D eigenvalue weighted by Crippen LogP contribution is 2.45. The molecule has 0 amide bonds. The Balaban J connectivity index is 1.73. The lowest BCUT2D eigenvalue weighted by molar-refractivity contribution is -0.101. The van der Waals surface area contributed by atoms with Crippen molar-refractivity contribution in [2.45, 2.75) is 76.4 Å². The van der Waals surface area contributed by atoms with E-state index in [9.17, 15) is 5.11 Å². The van der Waals surface area contributed by atoms with E-state index in [0.717, 1.165) is 32.2 Å². The van der Waals surface area contributed by atoms with E-state index in [1.165, 1.54) is 57.8 Å². The van der Waals surface area contributed by atoms with Gasteiger partial charge < -0.3 is 9.84 Å². The third-order valence-electron chi connectivity index (χ3n) is 6.51. The first kappa shape index (κ1) is 15.8. The van der Waals surface area contributed by atoms with E-state index in [-0.39, 0.29) is 11.6 Å². The molecule has 0 aromatic carbocycles. The van der Waals surface area contributed by atoms with Crippen molar-refractivity contribution in [2.24, 2.45) is 11.8 Å². The third kappa shape index (κ3) is 3.16. The van der Waals surface area contributed by atoms with Crippen LogP contribution in [0.1, 0.15) is 64.7 Å². The molecule has 1 heterocycles. The quantitative estimate of drug-likeness (QED) is 0.864. The van der Waals surface area contributed by atoms with Crippen LogP contribution in [0, 0.1) is 11.8 Å². The third-order valence-corrected chi connectivity index (χ3v) is 6.51. The summed E-state index contributed by atoms with van der Waals surface area (Å²) in [6, 6.07) is 0. The molecule has 2 aliphatic carbocycles. The zero-order chi connectivity index (χ0) is 14.7. The van der Waals surface area contributed by atoms with E-state index < -0.39 is 0 Å². The fourth-order valence-corrected chi connectivity index (χ4v) is 5.22. The Morgan fingerprint density at radius 2 is 1.86 bits per heavy atom. The van der Waals surface area contributed by atoms with E-state index in [4.69, 9.17) is 4.74 Å². The summed E-state index contributed by atoms with van der Waals surface area (Å²) in [5.74, 6) is 1.38.